The quantitative estimate of drug-likeness (QED) is 0.511. The molecule has 0 fully saturated rings. The number of anilines is 1. The Balaban J connectivity index is 2.38. The number of nitro groups is 1. The number of ether oxygens (including phenoxy) is 1. The third kappa shape index (κ3) is 5.27. The van der Waals surface area contributed by atoms with Crippen LogP contribution in [0.1, 0.15) is 31.1 Å². The highest BCUT2D eigenvalue weighted by Gasteiger charge is 2.23. The van der Waals surface area contributed by atoms with Gasteiger partial charge in [0.15, 0.2) is 0 Å². The lowest BCUT2D eigenvalue weighted by Crippen LogP contribution is -2.30. The summed E-state index contributed by atoms with van der Waals surface area (Å²) in [5, 5.41) is 13.4. The molecule has 0 aliphatic carbocycles. The molecule has 0 bridgehead atoms. The minimum atomic E-state index is -3.90. The van der Waals surface area contributed by atoms with Gasteiger partial charge in [-0.05, 0) is 45.0 Å². The van der Waals surface area contributed by atoms with Crippen LogP contribution in [0.3, 0.4) is 0 Å². The molecule has 0 unspecified atom stereocenters. The van der Waals surface area contributed by atoms with Gasteiger partial charge in [-0.3, -0.25) is 14.9 Å². The van der Waals surface area contributed by atoms with E-state index >= 15 is 0 Å². The first-order valence-electron chi connectivity index (χ1n) is 8.49. The van der Waals surface area contributed by atoms with Crippen LogP contribution in [-0.4, -0.2) is 31.9 Å². The van der Waals surface area contributed by atoms with Gasteiger partial charge in [0.2, 0.25) is 10.0 Å². The number of nitrogens with one attached hydrogen (secondary N) is 2. The summed E-state index contributed by atoms with van der Waals surface area (Å²) in [4.78, 5) is 22.7. The maximum atomic E-state index is 12.6. The second-order valence-electron chi connectivity index (χ2n) is 6.13. The van der Waals surface area contributed by atoms with Gasteiger partial charge in [0.05, 0.1) is 11.5 Å². The van der Waals surface area contributed by atoms with Crippen molar-refractivity contribution in [3.63, 3.8) is 0 Å². The van der Waals surface area contributed by atoms with E-state index in [1.54, 1.807) is 20.8 Å². The lowest BCUT2D eigenvalue weighted by Gasteiger charge is -2.15. The Hall–Kier alpha value is -2.98. The second kappa shape index (κ2) is 8.81. The first kappa shape index (κ1) is 21.3. The molecule has 2 aromatic carbocycles. The molecule has 2 N–H and O–H groups in total. The van der Waals surface area contributed by atoms with E-state index in [-0.39, 0.29) is 40.2 Å². The summed E-state index contributed by atoms with van der Waals surface area (Å²) >= 11 is 0. The van der Waals surface area contributed by atoms with Crippen LogP contribution in [0.2, 0.25) is 0 Å². The lowest BCUT2D eigenvalue weighted by molar-refractivity contribution is -0.384. The first-order chi connectivity index (χ1) is 13.1. The normalized spacial score (nSPS) is 11.3. The van der Waals surface area contributed by atoms with E-state index < -0.39 is 20.9 Å². The monoisotopic (exact) mass is 407 g/mol. The Labute approximate surface area is 162 Å². The summed E-state index contributed by atoms with van der Waals surface area (Å²) in [6.45, 7) is 5.33. The number of nitro benzene ring substituents is 1. The SMILES string of the molecule is CCOc1ccc(C(=O)Nc2cccc([N+](=O)[O-])c2)cc1S(=O)(=O)NC(C)C. The maximum absolute atomic E-state index is 12.6. The smallest absolute Gasteiger partial charge is 0.271 e. The molecule has 9 nitrogen and oxygen atoms in total. The highest BCUT2D eigenvalue weighted by Crippen LogP contribution is 2.26. The first-order valence-corrected chi connectivity index (χ1v) is 9.97. The zero-order valence-corrected chi connectivity index (χ0v) is 16.4. The number of nitrogens with zero attached hydrogens (tertiary/aromatic N) is 1. The van der Waals surface area contributed by atoms with Gasteiger partial charge in [-0.15, -0.1) is 0 Å². The summed E-state index contributed by atoms with van der Waals surface area (Å²) in [6.07, 6.45) is 0. The van der Waals surface area contributed by atoms with Crippen LogP contribution in [-0.2, 0) is 10.0 Å². The minimum Gasteiger partial charge on any atom is -0.492 e. The zero-order valence-electron chi connectivity index (χ0n) is 15.6. The van der Waals surface area contributed by atoms with E-state index in [9.17, 15) is 23.3 Å². The Kier molecular flexibility index (Phi) is 6.71. The second-order valence-corrected chi connectivity index (χ2v) is 7.81. The molecule has 0 spiro atoms. The molecule has 150 valence electrons. The number of hydrogen-bond donors (Lipinski definition) is 2. The predicted molar refractivity (Wildman–Crippen MR) is 104 cm³/mol. The molecule has 0 radical (unpaired) electrons. The van der Waals surface area contributed by atoms with Crippen LogP contribution >= 0.6 is 0 Å². The third-order valence-corrected chi connectivity index (χ3v) is 5.18. The summed E-state index contributed by atoms with van der Waals surface area (Å²) in [7, 11) is -3.90. The minimum absolute atomic E-state index is 0.0686. The van der Waals surface area contributed by atoms with Gasteiger partial charge in [0.1, 0.15) is 10.6 Å². The summed E-state index contributed by atoms with van der Waals surface area (Å²) in [6, 6.07) is 9.14. The standard InChI is InChI=1S/C18H21N3O6S/c1-4-27-16-9-8-13(10-17(16)28(25,26)20-12(2)3)18(22)19-14-6-5-7-15(11-14)21(23)24/h5-12,20H,4H2,1-3H3,(H,19,22). The van der Waals surface area contributed by atoms with Crippen molar-refractivity contribution in [3.8, 4) is 5.75 Å². The summed E-state index contributed by atoms with van der Waals surface area (Å²) in [5.74, 6) is -0.480. The van der Waals surface area contributed by atoms with Gasteiger partial charge in [0, 0.05) is 29.4 Å². The van der Waals surface area contributed by atoms with Crippen LogP contribution in [0, 0.1) is 10.1 Å². The Bertz CT molecular complexity index is 989. The van der Waals surface area contributed by atoms with Crippen molar-refractivity contribution in [2.75, 3.05) is 11.9 Å². The molecule has 1 amide bonds. The number of hydrogen-bond acceptors (Lipinski definition) is 6. The van der Waals surface area contributed by atoms with Crippen LogP contribution in [0.25, 0.3) is 0 Å². The molecule has 2 rings (SSSR count). The summed E-state index contributed by atoms with van der Waals surface area (Å²) < 4.78 is 33.0. The van der Waals surface area contributed by atoms with Gasteiger partial charge >= 0.3 is 0 Å². The fourth-order valence-corrected chi connectivity index (χ4v) is 3.83. The molecule has 0 saturated heterocycles. The van der Waals surface area contributed by atoms with E-state index in [1.807, 2.05) is 0 Å². The summed E-state index contributed by atoms with van der Waals surface area (Å²) in [5.41, 5.74) is 0.116. The number of carbonyl (C=O) groups is 1. The Morgan fingerprint density at radius 3 is 2.54 bits per heavy atom. The molecule has 0 atom stereocenters. The van der Waals surface area contributed by atoms with E-state index in [0.717, 1.165) is 0 Å². The highest BCUT2D eigenvalue weighted by molar-refractivity contribution is 7.89. The number of carbonyl (C=O) groups excluding carboxylic acids is 1. The van der Waals surface area contributed by atoms with E-state index in [2.05, 4.69) is 10.0 Å². The molecule has 10 heteroatoms. The molecular formula is C18H21N3O6S. The van der Waals surface area contributed by atoms with Gasteiger partial charge in [-0.1, -0.05) is 6.07 Å². The van der Waals surface area contributed by atoms with Crippen LogP contribution in [0.15, 0.2) is 47.4 Å². The van der Waals surface area contributed by atoms with E-state index in [4.69, 9.17) is 4.74 Å². The van der Waals surface area contributed by atoms with Gasteiger partial charge in [-0.25, -0.2) is 13.1 Å². The average Bonchev–Trinajstić information content (AvgIpc) is 2.61. The molecule has 0 aliphatic heterocycles. The number of benzene rings is 2. The van der Waals surface area contributed by atoms with Crippen molar-refractivity contribution in [2.45, 2.75) is 31.7 Å². The average molecular weight is 407 g/mol. The molecule has 28 heavy (non-hydrogen) atoms. The zero-order chi connectivity index (χ0) is 20.9. The van der Waals surface area contributed by atoms with E-state index in [1.165, 1.54) is 42.5 Å². The van der Waals surface area contributed by atoms with Crippen molar-refractivity contribution in [2.24, 2.45) is 0 Å². The Morgan fingerprint density at radius 2 is 1.93 bits per heavy atom. The predicted octanol–water partition coefficient (Wildman–Crippen LogP) is 2.93. The number of sulfonamides is 1. The van der Waals surface area contributed by atoms with Gasteiger partial charge < -0.3 is 10.1 Å². The topological polar surface area (TPSA) is 128 Å². The molecule has 2 aromatic rings. The highest BCUT2D eigenvalue weighted by atomic mass is 32.2. The van der Waals surface area contributed by atoms with Crippen molar-refractivity contribution in [1.82, 2.24) is 4.72 Å². The third-order valence-electron chi connectivity index (χ3n) is 3.50. The number of amides is 1. The molecule has 0 aliphatic rings. The van der Waals surface area contributed by atoms with Crippen LogP contribution < -0.4 is 14.8 Å². The fourth-order valence-electron chi connectivity index (χ4n) is 2.41. The number of non-ortho nitro benzene ring substituents is 1. The fraction of sp³-hybridized carbons (Fsp3) is 0.278. The van der Waals surface area contributed by atoms with Crippen LogP contribution in [0.4, 0.5) is 11.4 Å². The molecule has 0 heterocycles. The Morgan fingerprint density at radius 1 is 1.21 bits per heavy atom. The molecule has 0 saturated carbocycles. The van der Waals surface area contributed by atoms with Crippen molar-refractivity contribution < 1.29 is 22.9 Å². The number of rotatable bonds is 8. The lowest BCUT2D eigenvalue weighted by atomic mass is 10.2. The molecule has 0 aromatic heterocycles. The molecular weight excluding hydrogens is 386 g/mol. The van der Waals surface area contributed by atoms with Crippen molar-refractivity contribution >= 4 is 27.3 Å². The largest absolute Gasteiger partial charge is 0.492 e. The van der Waals surface area contributed by atoms with Gasteiger partial charge in [-0.2, -0.15) is 0 Å². The van der Waals surface area contributed by atoms with Crippen molar-refractivity contribution in [1.29, 1.82) is 0 Å². The maximum Gasteiger partial charge on any atom is 0.271 e. The van der Waals surface area contributed by atoms with E-state index in [0.29, 0.717) is 0 Å². The van der Waals surface area contributed by atoms with Crippen molar-refractivity contribution in [3.05, 3.63) is 58.1 Å². The van der Waals surface area contributed by atoms with Crippen LogP contribution in [0.5, 0.6) is 5.75 Å². The van der Waals surface area contributed by atoms with Gasteiger partial charge in [0.25, 0.3) is 11.6 Å².